The van der Waals surface area contributed by atoms with E-state index in [9.17, 15) is 9.59 Å². The highest BCUT2D eigenvalue weighted by molar-refractivity contribution is 9.10. The van der Waals surface area contributed by atoms with Gasteiger partial charge in [-0.15, -0.1) is 0 Å². The molecule has 7 heteroatoms. The second-order valence-corrected chi connectivity index (χ2v) is 4.97. The summed E-state index contributed by atoms with van der Waals surface area (Å²) in [6.07, 6.45) is 1.58. The number of hydrogen-bond donors (Lipinski definition) is 0. The van der Waals surface area contributed by atoms with E-state index >= 15 is 0 Å². The fourth-order valence-electron chi connectivity index (χ4n) is 1.75. The van der Waals surface area contributed by atoms with Gasteiger partial charge in [-0.2, -0.15) is 10.1 Å². The Labute approximate surface area is 118 Å². The number of anilines is 1. The number of hydrogen-bond acceptors (Lipinski definition) is 5. The van der Waals surface area contributed by atoms with Gasteiger partial charge in [0.25, 0.3) is 5.91 Å². The van der Waals surface area contributed by atoms with Crippen LogP contribution in [0.25, 0.3) is 0 Å². The lowest BCUT2D eigenvalue weighted by Gasteiger charge is -2.12. The number of carbonyl (C=O) groups excluding carboxylic acids is 2. The summed E-state index contributed by atoms with van der Waals surface area (Å²) in [6, 6.07) is 3.45. The van der Waals surface area contributed by atoms with E-state index in [2.05, 4.69) is 30.8 Å². The van der Waals surface area contributed by atoms with Gasteiger partial charge in [-0.3, -0.25) is 9.59 Å². The van der Waals surface area contributed by atoms with E-state index in [0.29, 0.717) is 11.5 Å². The van der Waals surface area contributed by atoms with Crippen LogP contribution in [0.2, 0.25) is 0 Å². The largest absolute Gasteiger partial charge is 0.469 e. The second-order valence-electron chi connectivity index (χ2n) is 4.06. The first kappa shape index (κ1) is 13.7. The molecule has 100 valence electrons. The van der Waals surface area contributed by atoms with Crippen LogP contribution in [-0.4, -0.2) is 29.7 Å². The predicted octanol–water partition coefficient (Wildman–Crippen LogP) is 1.75. The molecule has 0 spiro atoms. The average molecular weight is 326 g/mol. The van der Waals surface area contributed by atoms with Gasteiger partial charge >= 0.3 is 5.97 Å². The molecule has 0 aliphatic carbocycles. The van der Waals surface area contributed by atoms with Crippen LogP contribution < -0.4 is 5.01 Å². The van der Waals surface area contributed by atoms with Gasteiger partial charge in [-0.05, 0) is 35.0 Å². The molecule has 0 N–H and O–H groups in total. The number of halogens is 1. The van der Waals surface area contributed by atoms with Crippen molar-refractivity contribution < 1.29 is 14.3 Å². The molecular weight excluding hydrogens is 314 g/mol. The van der Waals surface area contributed by atoms with Gasteiger partial charge in [0.15, 0.2) is 5.82 Å². The summed E-state index contributed by atoms with van der Waals surface area (Å²) in [4.78, 5) is 27.6. The first-order chi connectivity index (χ1) is 9.02. The van der Waals surface area contributed by atoms with E-state index in [-0.39, 0.29) is 12.3 Å². The number of nitrogens with zero attached hydrogens (tertiary/aromatic N) is 3. The van der Waals surface area contributed by atoms with Crippen molar-refractivity contribution in [2.45, 2.75) is 13.3 Å². The standard InChI is InChI=1S/C12H12BrN3O3/c1-7-9(5-11(17)19-2)12(18)16(15-7)10-4-3-8(13)6-14-10/h3-4,6,9H,5H2,1-2H3. The van der Waals surface area contributed by atoms with E-state index in [4.69, 9.17) is 0 Å². The molecular formula is C12H12BrN3O3. The molecule has 1 aliphatic heterocycles. The number of amides is 1. The zero-order valence-electron chi connectivity index (χ0n) is 10.5. The van der Waals surface area contributed by atoms with E-state index < -0.39 is 11.9 Å². The van der Waals surface area contributed by atoms with Crippen LogP contribution in [0, 0.1) is 5.92 Å². The van der Waals surface area contributed by atoms with Gasteiger partial charge in [0.2, 0.25) is 0 Å². The molecule has 1 amide bonds. The van der Waals surface area contributed by atoms with Gasteiger partial charge in [0.05, 0.1) is 19.4 Å². The minimum absolute atomic E-state index is 0.00229. The summed E-state index contributed by atoms with van der Waals surface area (Å²) in [5, 5.41) is 5.37. The van der Waals surface area contributed by atoms with Gasteiger partial charge in [0.1, 0.15) is 0 Å². The Balaban J connectivity index is 2.20. The molecule has 0 bridgehead atoms. The van der Waals surface area contributed by atoms with Gasteiger partial charge in [-0.25, -0.2) is 4.98 Å². The smallest absolute Gasteiger partial charge is 0.306 e. The zero-order valence-corrected chi connectivity index (χ0v) is 12.0. The number of carbonyl (C=O) groups is 2. The molecule has 0 aromatic carbocycles. The summed E-state index contributed by atoms with van der Waals surface area (Å²) in [7, 11) is 1.29. The van der Waals surface area contributed by atoms with Crippen molar-refractivity contribution >= 4 is 39.3 Å². The van der Waals surface area contributed by atoms with Crippen molar-refractivity contribution in [2.75, 3.05) is 12.1 Å². The summed E-state index contributed by atoms with van der Waals surface area (Å²) < 4.78 is 5.39. The Kier molecular flexibility index (Phi) is 3.94. The number of methoxy groups -OCH3 is 1. The molecule has 1 aliphatic rings. The van der Waals surface area contributed by atoms with Crippen LogP contribution in [0.4, 0.5) is 5.82 Å². The predicted molar refractivity (Wildman–Crippen MR) is 72.7 cm³/mol. The fourth-order valence-corrected chi connectivity index (χ4v) is 1.98. The van der Waals surface area contributed by atoms with Gasteiger partial charge in [-0.1, -0.05) is 0 Å². The van der Waals surface area contributed by atoms with Crippen molar-refractivity contribution in [3.05, 3.63) is 22.8 Å². The van der Waals surface area contributed by atoms with Crippen molar-refractivity contribution in [1.29, 1.82) is 0 Å². The van der Waals surface area contributed by atoms with Crippen LogP contribution >= 0.6 is 15.9 Å². The molecule has 0 fully saturated rings. The molecule has 0 saturated carbocycles. The Bertz CT molecular complexity index is 542. The third kappa shape index (κ3) is 2.81. The maximum absolute atomic E-state index is 12.2. The molecule has 0 saturated heterocycles. The van der Waals surface area contributed by atoms with Crippen LogP contribution in [0.1, 0.15) is 13.3 Å². The fraction of sp³-hybridized carbons (Fsp3) is 0.333. The number of rotatable bonds is 3. The lowest BCUT2D eigenvalue weighted by molar-refractivity contribution is -0.142. The third-order valence-electron chi connectivity index (χ3n) is 2.80. The number of pyridine rings is 1. The molecule has 0 radical (unpaired) electrons. The molecule has 2 rings (SSSR count). The summed E-state index contributed by atoms with van der Waals surface area (Å²) in [6.45, 7) is 1.71. The van der Waals surface area contributed by atoms with Crippen molar-refractivity contribution in [1.82, 2.24) is 4.98 Å². The maximum atomic E-state index is 12.2. The number of hydrazone groups is 1. The van der Waals surface area contributed by atoms with E-state index in [1.54, 1.807) is 25.3 Å². The Morgan fingerprint density at radius 2 is 2.26 bits per heavy atom. The highest BCUT2D eigenvalue weighted by atomic mass is 79.9. The van der Waals surface area contributed by atoms with Crippen LogP contribution in [0.5, 0.6) is 0 Å². The first-order valence-corrected chi connectivity index (χ1v) is 6.39. The van der Waals surface area contributed by atoms with Crippen molar-refractivity contribution in [3.63, 3.8) is 0 Å². The molecule has 1 unspecified atom stereocenters. The first-order valence-electron chi connectivity index (χ1n) is 5.60. The second kappa shape index (κ2) is 5.48. The molecule has 1 aromatic heterocycles. The SMILES string of the molecule is COC(=O)CC1C(=O)N(c2ccc(Br)cn2)N=C1C. The van der Waals surface area contributed by atoms with Gasteiger partial charge < -0.3 is 4.74 Å². The lowest BCUT2D eigenvalue weighted by atomic mass is 10.0. The van der Waals surface area contributed by atoms with E-state index in [1.807, 2.05) is 0 Å². The highest BCUT2D eigenvalue weighted by Gasteiger charge is 2.36. The maximum Gasteiger partial charge on any atom is 0.306 e. The molecule has 2 heterocycles. The number of ether oxygens (including phenoxy) is 1. The minimum atomic E-state index is -0.571. The lowest BCUT2D eigenvalue weighted by Crippen LogP contribution is -2.29. The minimum Gasteiger partial charge on any atom is -0.469 e. The average Bonchev–Trinajstić information content (AvgIpc) is 2.67. The van der Waals surface area contributed by atoms with E-state index in [0.717, 1.165) is 4.47 Å². The third-order valence-corrected chi connectivity index (χ3v) is 3.27. The summed E-state index contributed by atoms with van der Waals surface area (Å²) in [5.41, 5.74) is 0.583. The normalized spacial score (nSPS) is 18.5. The van der Waals surface area contributed by atoms with E-state index in [1.165, 1.54) is 12.1 Å². The topological polar surface area (TPSA) is 71.9 Å². The summed E-state index contributed by atoms with van der Waals surface area (Å²) >= 11 is 3.27. The molecule has 1 aromatic rings. The Morgan fingerprint density at radius 3 is 2.84 bits per heavy atom. The van der Waals surface area contributed by atoms with Gasteiger partial charge in [0, 0.05) is 16.4 Å². The van der Waals surface area contributed by atoms with Crippen molar-refractivity contribution in [2.24, 2.45) is 11.0 Å². The Morgan fingerprint density at radius 1 is 1.53 bits per heavy atom. The molecule has 6 nitrogen and oxygen atoms in total. The Hall–Kier alpha value is -1.76. The van der Waals surface area contributed by atoms with Crippen LogP contribution in [0.15, 0.2) is 27.9 Å². The highest BCUT2D eigenvalue weighted by Crippen LogP contribution is 2.25. The molecule has 1 atom stereocenters. The number of aromatic nitrogens is 1. The number of esters is 1. The summed E-state index contributed by atoms with van der Waals surface area (Å²) in [5.74, 6) is -0.839. The quantitative estimate of drug-likeness (QED) is 0.793. The van der Waals surface area contributed by atoms with Crippen molar-refractivity contribution in [3.8, 4) is 0 Å². The van der Waals surface area contributed by atoms with Crippen LogP contribution in [-0.2, 0) is 14.3 Å². The monoisotopic (exact) mass is 325 g/mol. The molecule has 19 heavy (non-hydrogen) atoms. The van der Waals surface area contributed by atoms with Crippen LogP contribution in [0.3, 0.4) is 0 Å². The zero-order chi connectivity index (χ0) is 14.0.